The van der Waals surface area contributed by atoms with Crippen molar-refractivity contribution in [3.63, 3.8) is 0 Å². The van der Waals surface area contributed by atoms with Crippen molar-refractivity contribution in [3.8, 4) is 17.6 Å². The molecule has 0 spiro atoms. The lowest BCUT2D eigenvalue weighted by molar-refractivity contribution is -0.140. The van der Waals surface area contributed by atoms with Crippen molar-refractivity contribution in [1.29, 1.82) is 5.26 Å². The van der Waals surface area contributed by atoms with Gasteiger partial charge in [-0.05, 0) is 36.4 Å². The molecule has 1 unspecified atom stereocenters. The van der Waals surface area contributed by atoms with Crippen LogP contribution in [0.2, 0.25) is 0 Å². The number of ether oxygens (including phenoxy) is 1. The van der Waals surface area contributed by atoms with E-state index in [1.807, 2.05) is 5.32 Å². The Morgan fingerprint density at radius 2 is 1.66 bits per heavy atom. The van der Waals surface area contributed by atoms with E-state index in [4.69, 9.17) is 10.00 Å². The lowest BCUT2D eigenvalue weighted by Gasteiger charge is -2.18. The van der Waals surface area contributed by atoms with E-state index in [1.54, 1.807) is 0 Å². The molecule has 0 aliphatic heterocycles. The van der Waals surface area contributed by atoms with Gasteiger partial charge in [-0.1, -0.05) is 18.2 Å². The molecule has 0 fully saturated rings. The summed E-state index contributed by atoms with van der Waals surface area (Å²) in [5, 5.41) is 10.9. The van der Waals surface area contributed by atoms with E-state index < -0.39 is 70.1 Å². The minimum Gasteiger partial charge on any atom is -0.456 e. The number of nitriles is 1. The van der Waals surface area contributed by atoms with Gasteiger partial charge in [0.15, 0.2) is 12.0 Å². The SMILES string of the molecule is N#Cc1cc(NC(=O)c2c(Oc3ccccc3C(F)C(F)F)ccc(C(F)(F)F)c2F)ccc1F. The molecule has 3 aromatic carbocycles. The molecule has 0 aliphatic carbocycles. The minimum absolute atomic E-state index is 0.260. The van der Waals surface area contributed by atoms with E-state index in [1.165, 1.54) is 18.2 Å². The summed E-state index contributed by atoms with van der Waals surface area (Å²) in [7, 11) is 0. The van der Waals surface area contributed by atoms with Gasteiger partial charge >= 0.3 is 6.18 Å². The molecule has 0 radical (unpaired) electrons. The van der Waals surface area contributed by atoms with Gasteiger partial charge in [0.25, 0.3) is 12.3 Å². The molecule has 1 amide bonds. The standard InChI is InChI=1S/C23H12F8N2O2/c24-15-7-5-12(9-11(15)10-32)33-22(34)18-17(8-6-14(20(18)26)23(29,30)31)35-16-4-2-1-3-13(16)19(25)21(27)28/h1-9,19,21H,(H,33,34). The van der Waals surface area contributed by atoms with Gasteiger partial charge in [0.1, 0.15) is 28.9 Å². The molecular formula is C23H12F8N2O2. The van der Waals surface area contributed by atoms with Crippen molar-refractivity contribution in [2.75, 3.05) is 5.32 Å². The van der Waals surface area contributed by atoms with Crippen molar-refractivity contribution in [1.82, 2.24) is 0 Å². The Bertz CT molecular complexity index is 1300. The second-order valence-corrected chi connectivity index (χ2v) is 6.93. The Kier molecular flexibility index (Phi) is 7.28. The average Bonchev–Trinajstić information content (AvgIpc) is 2.79. The predicted octanol–water partition coefficient (Wildman–Crippen LogP) is 7.18. The first-order chi connectivity index (χ1) is 16.4. The number of amides is 1. The van der Waals surface area contributed by atoms with E-state index in [0.29, 0.717) is 6.07 Å². The van der Waals surface area contributed by atoms with E-state index in [2.05, 4.69) is 0 Å². The highest BCUT2D eigenvalue weighted by Crippen LogP contribution is 2.40. The van der Waals surface area contributed by atoms with Crippen LogP contribution in [0.15, 0.2) is 54.6 Å². The summed E-state index contributed by atoms with van der Waals surface area (Å²) in [6, 6.07) is 9.27. The van der Waals surface area contributed by atoms with E-state index in [9.17, 15) is 39.9 Å². The first-order valence-electron chi connectivity index (χ1n) is 9.53. The first kappa shape index (κ1) is 25.5. The molecule has 0 saturated heterocycles. The van der Waals surface area contributed by atoms with E-state index >= 15 is 0 Å². The van der Waals surface area contributed by atoms with Crippen molar-refractivity contribution >= 4 is 11.6 Å². The topological polar surface area (TPSA) is 62.1 Å². The lowest BCUT2D eigenvalue weighted by Crippen LogP contribution is -2.19. The Labute approximate surface area is 192 Å². The molecule has 35 heavy (non-hydrogen) atoms. The summed E-state index contributed by atoms with van der Waals surface area (Å²) in [5.74, 6) is -5.94. The fraction of sp³-hybridized carbons (Fsp3) is 0.130. The van der Waals surface area contributed by atoms with Gasteiger partial charge in [-0.2, -0.15) is 18.4 Å². The highest BCUT2D eigenvalue weighted by molar-refractivity contribution is 6.06. The molecule has 0 bridgehead atoms. The normalized spacial score (nSPS) is 12.2. The van der Waals surface area contributed by atoms with Gasteiger partial charge in [0.2, 0.25) is 0 Å². The maximum absolute atomic E-state index is 14.9. The van der Waals surface area contributed by atoms with Crippen LogP contribution in [0, 0.1) is 23.0 Å². The van der Waals surface area contributed by atoms with Crippen LogP contribution in [-0.4, -0.2) is 12.3 Å². The monoisotopic (exact) mass is 500 g/mol. The number of hydrogen-bond donors (Lipinski definition) is 1. The number of hydrogen-bond acceptors (Lipinski definition) is 3. The molecule has 4 nitrogen and oxygen atoms in total. The number of anilines is 1. The zero-order valence-corrected chi connectivity index (χ0v) is 17.1. The number of alkyl halides is 6. The Balaban J connectivity index is 2.10. The molecule has 12 heteroatoms. The number of nitrogens with zero attached hydrogens (tertiary/aromatic N) is 1. The second-order valence-electron chi connectivity index (χ2n) is 6.93. The molecule has 1 atom stereocenters. The number of nitrogens with one attached hydrogen (secondary N) is 1. The largest absolute Gasteiger partial charge is 0.456 e. The quantitative estimate of drug-likeness (QED) is 0.365. The zero-order chi connectivity index (χ0) is 25.9. The summed E-state index contributed by atoms with van der Waals surface area (Å²) >= 11 is 0. The summed E-state index contributed by atoms with van der Waals surface area (Å²) in [6.45, 7) is 0. The third-order valence-electron chi connectivity index (χ3n) is 4.64. The van der Waals surface area contributed by atoms with Crippen LogP contribution in [0.5, 0.6) is 11.5 Å². The van der Waals surface area contributed by atoms with Gasteiger partial charge in [0.05, 0.1) is 11.1 Å². The second kappa shape index (κ2) is 10.0. The number of rotatable bonds is 6. The van der Waals surface area contributed by atoms with Crippen LogP contribution >= 0.6 is 0 Å². The first-order valence-corrected chi connectivity index (χ1v) is 9.53. The maximum Gasteiger partial charge on any atom is 0.419 e. The third kappa shape index (κ3) is 5.51. The van der Waals surface area contributed by atoms with Crippen molar-refractivity contribution in [2.24, 2.45) is 0 Å². The van der Waals surface area contributed by atoms with Crippen LogP contribution in [-0.2, 0) is 6.18 Å². The van der Waals surface area contributed by atoms with E-state index in [0.717, 1.165) is 30.3 Å². The molecule has 0 heterocycles. The van der Waals surface area contributed by atoms with Gasteiger partial charge in [-0.15, -0.1) is 0 Å². The molecular weight excluding hydrogens is 488 g/mol. The molecule has 0 aliphatic rings. The summed E-state index contributed by atoms with van der Waals surface area (Å²) in [6.07, 6.45) is -11.5. The van der Waals surface area contributed by atoms with Crippen LogP contribution < -0.4 is 10.1 Å². The zero-order valence-electron chi connectivity index (χ0n) is 17.1. The van der Waals surface area contributed by atoms with E-state index in [-0.39, 0.29) is 11.8 Å². The fourth-order valence-corrected chi connectivity index (χ4v) is 3.01. The Morgan fingerprint density at radius 1 is 0.971 bits per heavy atom. The van der Waals surface area contributed by atoms with Gasteiger partial charge in [-0.3, -0.25) is 4.79 Å². The van der Waals surface area contributed by atoms with Crippen molar-refractivity contribution in [3.05, 3.63) is 88.5 Å². The Hall–Kier alpha value is -4.14. The highest BCUT2D eigenvalue weighted by atomic mass is 19.4. The molecule has 182 valence electrons. The van der Waals surface area contributed by atoms with Crippen molar-refractivity contribution in [2.45, 2.75) is 18.8 Å². The summed E-state index contributed by atoms with van der Waals surface area (Å²) in [5.41, 5.74) is -4.59. The fourth-order valence-electron chi connectivity index (χ4n) is 3.01. The molecule has 1 N–H and O–H groups in total. The molecule has 0 aromatic heterocycles. The van der Waals surface area contributed by atoms with Crippen molar-refractivity contribution < 1.29 is 44.7 Å². The summed E-state index contributed by atoms with van der Waals surface area (Å²) < 4.78 is 113. The number of halogens is 8. The smallest absolute Gasteiger partial charge is 0.419 e. The Morgan fingerprint density at radius 3 is 2.29 bits per heavy atom. The number of benzene rings is 3. The predicted molar refractivity (Wildman–Crippen MR) is 107 cm³/mol. The average molecular weight is 500 g/mol. The molecule has 0 saturated carbocycles. The molecule has 3 rings (SSSR count). The van der Waals surface area contributed by atoms with Gasteiger partial charge < -0.3 is 10.1 Å². The van der Waals surface area contributed by atoms with Crippen LogP contribution in [0.4, 0.5) is 40.8 Å². The highest BCUT2D eigenvalue weighted by Gasteiger charge is 2.37. The van der Waals surface area contributed by atoms with Crippen LogP contribution in [0.25, 0.3) is 0 Å². The minimum atomic E-state index is -5.22. The van der Waals surface area contributed by atoms with Crippen LogP contribution in [0.1, 0.15) is 33.2 Å². The maximum atomic E-state index is 14.9. The third-order valence-corrected chi connectivity index (χ3v) is 4.64. The number of carbonyl (C=O) groups excluding carboxylic acids is 1. The number of para-hydroxylation sites is 1. The lowest BCUT2D eigenvalue weighted by atomic mass is 10.1. The van der Waals surface area contributed by atoms with Gasteiger partial charge in [0, 0.05) is 11.3 Å². The molecule has 3 aromatic rings. The number of carbonyl (C=O) groups is 1. The summed E-state index contributed by atoms with van der Waals surface area (Å²) in [4.78, 5) is 12.8. The van der Waals surface area contributed by atoms with Gasteiger partial charge in [-0.25, -0.2) is 22.0 Å². The van der Waals surface area contributed by atoms with Crippen LogP contribution in [0.3, 0.4) is 0 Å².